The molecule has 9 nitrogen and oxygen atoms in total. The summed E-state index contributed by atoms with van der Waals surface area (Å²) in [6.07, 6.45) is 3.17. The van der Waals surface area contributed by atoms with E-state index < -0.39 is 17.5 Å². The number of carbonyl (C=O) groups is 2. The maximum absolute atomic E-state index is 13.9. The minimum Gasteiger partial charge on any atom is -0.349 e. The van der Waals surface area contributed by atoms with Crippen molar-refractivity contribution in [2.45, 2.75) is 45.8 Å². The van der Waals surface area contributed by atoms with Crippen molar-refractivity contribution in [2.24, 2.45) is 0 Å². The molecule has 2 heterocycles. The largest absolute Gasteiger partial charge is 0.349 e. The molecule has 0 bridgehead atoms. The van der Waals surface area contributed by atoms with Crippen molar-refractivity contribution in [2.75, 3.05) is 4.90 Å². The highest BCUT2D eigenvalue weighted by molar-refractivity contribution is 6.01. The summed E-state index contributed by atoms with van der Waals surface area (Å²) in [7, 11) is 0. The predicted octanol–water partition coefficient (Wildman–Crippen LogP) is 3.87. The second-order valence-electron chi connectivity index (χ2n) is 9.62. The quantitative estimate of drug-likeness (QED) is 0.412. The number of nitrogens with zero attached hydrogens (tertiary/aromatic N) is 6. The van der Waals surface area contributed by atoms with E-state index >= 15 is 0 Å². The molecule has 2 aromatic carbocycles. The lowest BCUT2D eigenvalue weighted by atomic mass is 10.0. The van der Waals surface area contributed by atoms with Crippen LogP contribution < -0.4 is 10.2 Å². The number of aromatic nitrogens is 5. The fourth-order valence-electron chi connectivity index (χ4n) is 3.87. The number of hydrogen-bond donors (Lipinski definition) is 1. The number of tetrazole rings is 1. The fourth-order valence-corrected chi connectivity index (χ4v) is 3.87. The molecule has 190 valence electrons. The van der Waals surface area contributed by atoms with Crippen LogP contribution in [0.2, 0.25) is 0 Å². The van der Waals surface area contributed by atoms with E-state index in [0.29, 0.717) is 16.8 Å². The summed E-state index contributed by atoms with van der Waals surface area (Å²) in [6.45, 7) is 7.24. The maximum Gasteiger partial charge on any atom is 0.251 e. The van der Waals surface area contributed by atoms with Gasteiger partial charge in [0.15, 0.2) is 0 Å². The average Bonchev–Trinajstić information content (AvgIpc) is 3.31. The summed E-state index contributed by atoms with van der Waals surface area (Å²) in [4.78, 5) is 34.2. The van der Waals surface area contributed by atoms with E-state index in [1.165, 1.54) is 29.2 Å². The number of aryl methyl sites for hydroxylation is 1. The minimum atomic E-state index is -0.976. The molecule has 10 heteroatoms. The van der Waals surface area contributed by atoms with Crippen molar-refractivity contribution in [1.29, 1.82) is 0 Å². The van der Waals surface area contributed by atoms with Crippen LogP contribution in [0.5, 0.6) is 0 Å². The smallest absolute Gasteiger partial charge is 0.251 e. The van der Waals surface area contributed by atoms with Gasteiger partial charge in [-0.1, -0.05) is 18.2 Å². The standard InChI is InChI=1S/C27H28FN7O2/c1-18-7-5-6-8-22(18)35(24(19-13-15-29-16-14-19)26(37)30-27(2,3)4)23(36)17-34-32-25(31-33-34)20-9-11-21(28)12-10-20/h5-16,24H,17H2,1-4H3,(H,30,37)/t24-/m1/s1. The molecule has 0 saturated carbocycles. The lowest BCUT2D eigenvalue weighted by Crippen LogP contribution is -2.50. The molecule has 0 aliphatic carbocycles. The first-order chi connectivity index (χ1) is 17.6. The monoisotopic (exact) mass is 501 g/mol. The first kappa shape index (κ1) is 25.6. The molecule has 0 spiro atoms. The van der Waals surface area contributed by atoms with Crippen molar-refractivity contribution in [3.05, 3.63) is 90.0 Å². The van der Waals surface area contributed by atoms with Gasteiger partial charge in [0, 0.05) is 29.2 Å². The van der Waals surface area contributed by atoms with Gasteiger partial charge in [-0.3, -0.25) is 19.5 Å². The van der Waals surface area contributed by atoms with E-state index in [1.807, 2.05) is 45.9 Å². The van der Waals surface area contributed by atoms with E-state index in [4.69, 9.17) is 0 Å². The molecule has 0 unspecified atom stereocenters. The van der Waals surface area contributed by atoms with Gasteiger partial charge in [-0.15, -0.1) is 10.2 Å². The number of carbonyl (C=O) groups excluding carboxylic acids is 2. The topological polar surface area (TPSA) is 106 Å². The van der Waals surface area contributed by atoms with Crippen LogP contribution in [-0.2, 0) is 16.1 Å². The van der Waals surface area contributed by atoms with E-state index in [9.17, 15) is 14.0 Å². The van der Waals surface area contributed by atoms with Crippen LogP contribution in [0.4, 0.5) is 10.1 Å². The third kappa shape index (κ3) is 6.21. The SMILES string of the molecule is Cc1ccccc1N(C(=O)Cn1nnc(-c2ccc(F)cc2)n1)[C@@H](C(=O)NC(C)(C)C)c1ccncc1. The van der Waals surface area contributed by atoms with Crippen LogP contribution >= 0.6 is 0 Å². The van der Waals surface area contributed by atoms with E-state index in [-0.39, 0.29) is 24.1 Å². The predicted molar refractivity (Wildman–Crippen MR) is 137 cm³/mol. The number of rotatable bonds is 7. The molecule has 0 aliphatic heterocycles. The number of amides is 2. The first-order valence-electron chi connectivity index (χ1n) is 11.8. The lowest BCUT2D eigenvalue weighted by molar-refractivity contribution is -0.128. The van der Waals surface area contributed by atoms with Crippen LogP contribution in [-0.4, -0.2) is 42.5 Å². The number of para-hydroxylation sites is 1. The highest BCUT2D eigenvalue weighted by Crippen LogP contribution is 2.31. The molecule has 0 aliphatic rings. The molecule has 1 atom stereocenters. The zero-order valence-corrected chi connectivity index (χ0v) is 21.1. The number of benzene rings is 2. The Morgan fingerprint density at radius 3 is 2.35 bits per heavy atom. The zero-order valence-electron chi connectivity index (χ0n) is 21.1. The molecule has 37 heavy (non-hydrogen) atoms. The van der Waals surface area contributed by atoms with E-state index in [0.717, 1.165) is 10.4 Å². The summed E-state index contributed by atoms with van der Waals surface area (Å²) in [5.74, 6) is -0.876. The first-order valence-corrected chi connectivity index (χ1v) is 11.8. The molecule has 4 aromatic rings. The molecule has 2 aromatic heterocycles. The normalized spacial score (nSPS) is 12.1. The van der Waals surface area contributed by atoms with Crippen molar-refractivity contribution in [3.8, 4) is 11.4 Å². The van der Waals surface area contributed by atoms with E-state index in [2.05, 4.69) is 25.7 Å². The Bertz CT molecular complexity index is 1380. The summed E-state index contributed by atoms with van der Waals surface area (Å²) >= 11 is 0. The Morgan fingerprint density at radius 2 is 1.70 bits per heavy atom. The fraction of sp³-hybridized carbons (Fsp3) is 0.259. The second kappa shape index (κ2) is 10.7. The van der Waals surface area contributed by atoms with Gasteiger partial charge in [0.2, 0.25) is 11.7 Å². The van der Waals surface area contributed by atoms with Crippen LogP contribution in [0.3, 0.4) is 0 Å². The van der Waals surface area contributed by atoms with Gasteiger partial charge in [-0.05, 0) is 86.5 Å². The van der Waals surface area contributed by atoms with Crippen LogP contribution in [0.15, 0.2) is 73.1 Å². The molecule has 2 amide bonds. The minimum absolute atomic E-state index is 0.256. The van der Waals surface area contributed by atoms with Gasteiger partial charge >= 0.3 is 0 Å². The lowest BCUT2D eigenvalue weighted by Gasteiger charge is -2.34. The molecular weight excluding hydrogens is 473 g/mol. The van der Waals surface area contributed by atoms with Crippen molar-refractivity contribution < 1.29 is 14.0 Å². The summed E-state index contributed by atoms with van der Waals surface area (Å²) < 4.78 is 13.3. The highest BCUT2D eigenvalue weighted by Gasteiger charge is 2.35. The van der Waals surface area contributed by atoms with Crippen molar-refractivity contribution in [3.63, 3.8) is 0 Å². The number of hydrogen-bond acceptors (Lipinski definition) is 6. The van der Waals surface area contributed by atoms with Gasteiger partial charge in [-0.2, -0.15) is 4.80 Å². The van der Waals surface area contributed by atoms with E-state index in [1.54, 1.807) is 30.6 Å². The number of halogens is 1. The van der Waals surface area contributed by atoms with Gasteiger partial charge in [-0.25, -0.2) is 4.39 Å². The molecule has 0 fully saturated rings. The Balaban J connectivity index is 1.73. The third-order valence-electron chi connectivity index (χ3n) is 5.50. The van der Waals surface area contributed by atoms with Crippen LogP contribution in [0.25, 0.3) is 11.4 Å². The summed E-state index contributed by atoms with van der Waals surface area (Å²) in [5.41, 5.74) is 2.04. The molecule has 4 rings (SSSR count). The van der Waals surface area contributed by atoms with Crippen LogP contribution in [0, 0.1) is 12.7 Å². The third-order valence-corrected chi connectivity index (χ3v) is 5.50. The Kier molecular flexibility index (Phi) is 7.37. The highest BCUT2D eigenvalue weighted by atomic mass is 19.1. The molecule has 0 saturated heterocycles. The number of nitrogens with one attached hydrogen (secondary N) is 1. The van der Waals surface area contributed by atoms with Crippen molar-refractivity contribution in [1.82, 2.24) is 30.5 Å². The summed E-state index contributed by atoms with van der Waals surface area (Å²) in [6, 6.07) is 15.5. The second-order valence-corrected chi connectivity index (χ2v) is 9.62. The van der Waals surface area contributed by atoms with Crippen molar-refractivity contribution >= 4 is 17.5 Å². The number of pyridine rings is 1. The Labute approximate surface area is 214 Å². The number of anilines is 1. The van der Waals surface area contributed by atoms with Gasteiger partial charge in [0.05, 0.1) is 0 Å². The van der Waals surface area contributed by atoms with Gasteiger partial charge < -0.3 is 5.32 Å². The van der Waals surface area contributed by atoms with Gasteiger partial charge in [0.25, 0.3) is 5.91 Å². The Hall–Kier alpha value is -4.47. The van der Waals surface area contributed by atoms with Crippen LogP contribution in [0.1, 0.15) is 37.9 Å². The summed E-state index contributed by atoms with van der Waals surface area (Å²) in [5, 5.41) is 15.3. The Morgan fingerprint density at radius 1 is 1.03 bits per heavy atom. The molecule has 1 N–H and O–H groups in total. The molecular formula is C27H28FN7O2. The average molecular weight is 502 g/mol. The zero-order chi connectivity index (χ0) is 26.6. The maximum atomic E-state index is 13.9. The molecule has 0 radical (unpaired) electrons. The van der Waals surface area contributed by atoms with Gasteiger partial charge in [0.1, 0.15) is 18.4 Å².